The molecule has 0 bridgehead atoms. The maximum Gasteiger partial charge on any atom is 0.227 e. The maximum absolute atomic E-state index is 6.18. The van der Waals surface area contributed by atoms with Gasteiger partial charge in [0.2, 0.25) is 5.89 Å². The van der Waals surface area contributed by atoms with Gasteiger partial charge in [-0.2, -0.15) is 0 Å². The summed E-state index contributed by atoms with van der Waals surface area (Å²) in [7, 11) is 0. The van der Waals surface area contributed by atoms with Gasteiger partial charge in [-0.15, -0.1) is 0 Å². The highest BCUT2D eigenvalue weighted by molar-refractivity contribution is 6.09. The first-order valence-electron chi connectivity index (χ1n) is 9.65. The van der Waals surface area contributed by atoms with E-state index in [0.717, 1.165) is 55.3 Å². The van der Waals surface area contributed by atoms with E-state index in [0.29, 0.717) is 5.89 Å². The molecule has 0 aliphatic heterocycles. The number of benzene rings is 4. The van der Waals surface area contributed by atoms with Crippen molar-refractivity contribution in [3.05, 3.63) is 90.5 Å². The second kappa shape index (κ2) is 6.08. The first-order chi connectivity index (χ1) is 14.3. The van der Waals surface area contributed by atoms with Gasteiger partial charge < -0.3 is 8.83 Å². The highest BCUT2D eigenvalue weighted by Gasteiger charge is 2.13. The molecule has 2 aromatic heterocycles. The zero-order valence-electron chi connectivity index (χ0n) is 15.8. The van der Waals surface area contributed by atoms with Crippen molar-refractivity contribution in [2.75, 3.05) is 0 Å². The summed E-state index contributed by atoms with van der Waals surface area (Å²) in [5.74, 6) is 0.641. The smallest absolute Gasteiger partial charge is 0.227 e. The zero-order chi connectivity index (χ0) is 19.4. The Bertz CT molecular complexity index is 1500. The summed E-state index contributed by atoms with van der Waals surface area (Å²) in [6.07, 6.45) is 0. The van der Waals surface area contributed by atoms with Crippen LogP contribution in [0, 0.1) is 6.92 Å². The van der Waals surface area contributed by atoms with Crippen LogP contribution in [0.2, 0.25) is 0 Å². The fourth-order valence-electron chi connectivity index (χ4n) is 3.98. The molecule has 3 nitrogen and oxygen atoms in total. The van der Waals surface area contributed by atoms with Crippen LogP contribution < -0.4 is 0 Å². The van der Waals surface area contributed by atoms with E-state index >= 15 is 0 Å². The Morgan fingerprint density at radius 1 is 0.621 bits per heavy atom. The third-order valence-electron chi connectivity index (χ3n) is 5.46. The normalized spacial score (nSPS) is 11.6. The molecular formula is C26H17NO2. The molecule has 0 spiro atoms. The minimum Gasteiger partial charge on any atom is -0.455 e. The van der Waals surface area contributed by atoms with Crippen LogP contribution >= 0.6 is 0 Å². The van der Waals surface area contributed by atoms with Crippen molar-refractivity contribution in [3.8, 4) is 22.6 Å². The Morgan fingerprint density at radius 3 is 2.24 bits per heavy atom. The van der Waals surface area contributed by atoms with E-state index in [1.54, 1.807) is 0 Å². The van der Waals surface area contributed by atoms with Crippen LogP contribution in [0.5, 0.6) is 0 Å². The number of para-hydroxylation sites is 3. The molecular weight excluding hydrogens is 358 g/mol. The van der Waals surface area contributed by atoms with E-state index in [9.17, 15) is 0 Å². The Hall–Kier alpha value is -3.85. The van der Waals surface area contributed by atoms with E-state index in [2.05, 4.69) is 53.5 Å². The van der Waals surface area contributed by atoms with E-state index in [4.69, 9.17) is 8.83 Å². The van der Waals surface area contributed by atoms with Gasteiger partial charge in [0.15, 0.2) is 5.58 Å². The number of nitrogens with zero attached hydrogens (tertiary/aromatic N) is 1. The van der Waals surface area contributed by atoms with Crippen molar-refractivity contribution < 1.29 is 8.83 Å². The molecule has 2 heterocycles. The van der Waals surface area contributed by atoms with Crippen LogP contribution in [-0.2, 0) is 0 Å². The third kappa shape index (κ3) is 2.48. The first kappa shape index (κ1) is 16.1. The van der Waals surface area contributed by atoms with E-state index in [-0.39, 0.29) is 0 Å². The van der Waals surface area contributed by atoms with Crippen molar-refractivity contribution >= 4 is 33.0 Å². The SMILES string of the molecule is Cc1cccc2nc(-c3ccc(-c4cccc5c4oc4ccccc45)cc3)oc12. The maximum atomic E-state index is 6.18. The lowest BCUT2D eigenvalue weighted by atomic mass is 10.0. The summed E-state index contributed by atoms with van der Waals surface area (Å²) in [5.41, 5.74) is 7.79. The zero-order valence-corrected chi connectivity index (χ0v) is 15.8. The van der Waals surface area contributed by atoms with Crippen LogP contribution in [0.3, 0.4) is 0 Å². The Kier molecular flexibility index (Phi) is 3.38. The standard InChI is InChI=1S/C26H17NO2/c1-16-6-4-10-22-24(16)29-26(27-22)18-14-12-17(13-15-18)19-8-5-9-21-20-7-2-3-11-23(20)28-25(19)21/h2-15H,1H3. The lowest BCUT2D eigenvalue weighted by molar-refractivity contribution is 0.617. The predicted molar refractivity (Wildman–Crippen MR) is 117 cm³/mol. The summed E-state index contributed by atoms with van der Waals surface area (Å²) < 4.78 is 12.2. The molecule has 0 unspecified atom stereocenters. The van der Waals surface area contributed by atoms with Gasteiger partial charge >= 0.3 is 0 Å². The third-order valence-corrected chi connectivity index (χ3v) is 5.46. The predicted octanol–water partition coefficient (Wildman–Crippen LogP) is 7.37. The summed E-state index contributed by atoms with van der Waals surface area (Å²) in [4.78, 5) is 4.64. The van der Waals surface area contributed by atoms with Crippen LogP contribution in [0.4, 0.5) is 0 Å². The molecule has 29 heavy (non-hydrogen) atoms. The molecule has 0 atom stereocenters. The number of hydrogen-bond acceptors (Lipinski definition) is 3. The first-order valence-corrected chi connectivity index (χ1v) is 9.65. The summed E-state index contributed by atoms with van der Waals surface area (Å²) in [6, 6.07) is 28.8. The lowest BCUT2D eigenvalue weighted by Crippen LogP contribution is -1.81. The molecule has 0 N–H and O–H groups in total. The molecule has 0 radical (unpaired) electrons. The van der Waals surface area contributed by atoms with Gasteiger partial charge in [0.25, 0.3) is 0 Å². The number of oxazole rings is 1. The lowest BCUT2D eigenvalue weighted by Gasteiger charge is -2.04. The minimum atomic E-state index is 0.641. The van der Waals surface area contributed by atoms with Crippen LogP contribution in [0.25, 0.3) is 55.6 Å². The van der Waals surface area contributed by atoms with Crippen LogP contribution in [-0.4, -0.2) is 4.98 Å². The largest absolute Gasteiger partial charge is 0.455 e. The van der Waals surface area contributed by atoms with Crippen molar-refractivity contribution in [3.63, 3.8) is 0 Å². The molecule has 0 saturated carbocycles. The molecule has 0 aliphatic rings. The Labute approximate surface area is 167 Å². The second-order valence-electron chi connectivity index (χ2n) is 7.30. The van der Waals surface area contributed by atoms with Crippen molar-refractivity contribution in [1.82, 2.24) is 4.98 Å². The molecule has 0 saturated heterocycles. The van der Waals surface area contributed by atoms with Gasteiger partial charge in [-0.1, -0.05) is 60.7 Å². The summed E-state index contributed by atoms with van der Waals surface area (Å²) in [5, 5.41) is 2.28. The minimum absolute atomic E-state index is 0.641. The summed E-state index contributed by atoms with van der Waals surface area (Å²) >= 11 is 0. The number of aryl methyl sites for hydroxylation is 1. The number of furan rings is 1. The van der Waals surface area contributed by atoms with Crippen LogP contribution in [0.15, 0.2) is 93.8 Å². The number of fused-ring (bicyclic) bond motifs is 4. The molecule has 3 heteroatoms. The topological polar surface area (TPSA) is 39.2 Å². The van der Waals surface area contributed by atoms with E-state index in [1.807, 2.05) is 43.3 Å². The Balaban J connectivity index is 1.46. The second-order valence-corrected chi connectivity index (χ2v) is 7.30. The van der Waals surface area contributed by atoms with Gasteiger partial charge in [-0.25, -0.2) is 4.98 Å². The molecule has 6 rings (SSSR count). The van der Waals surface area contributed by atoms with Gasteiger partial charge in [-0.05, 0) is 42.3 Å². The number of aromatic nitrogens is 1. The fourth-order valence-corrected chi connectivity index (χ4v) is 3.98. The van der Waals surface area contributed by atoms with E-state index < -0.39 is 0 Å². The van der Waals surface area contributed by atoms with Crippen molar-refractivity contribution in [1.29, 1.82) is 0 Å². The van der Waals surface area contributed by atoms with E-state index in [1.165, 1.54) is 0 Å². The summed E-state index contributed by atoms with van der Waals surface area (Å²) in [6.45, 7) is 2.04. The quantitative estimate of drug-likeness (QED) is 0.317. The molecule has 4 aromatic carbocycles. The van der Waals surface area contributed by atoms with Gasteiger partial charge in [-0.3, -0.25) is 0 Å². The molecule has 0 fully saturated rings. The fraction of sp³-hybridized carbons (Fsp3) is 0.0385. The number of rotatable bonds is 2. The van der Waals surface area contributed by atoms with Crippen molar-refractivity contribution in [2.45, 2.75) is 6.92 Å². The number of hydrogen-bond donors (Lipinski definition) is 0. The average molecular weight is 375 g/mol. The van der Waals surface area contributed by atoms with Gasteiger partial charge in [0.05, 0.1) is 0 Å². The molecule has 138 valence electrons. The highest BCUT2D eigenvalue weighted by atomic mass is 16.3. The van der Waals surface area contributed by atoms with Crippen molar-refractivity contribution in [2.24, 2.45) is 0 Å². The Morgan fingerprint density at radius 2 is 1.38 bits per heavy atom. The molecule has 0 amide bonds. The molecule has 6 aromatic rings. The van der Waals surface area contributed by atoms with Gasteiger partial charge in [0, 0.05) is 21.9 Å². The average Bonchev–Trinajstić information content (AvgIpc) is 3.36. The molecule has 0 aliphatic carbocycles. The highest BCUT2D eigenvalue weighted by Crippen LogP contribution is 2.36. The van der Waals surface area contributed by atoms with Crippen LogP contribution in [0.1, 0.15) is 5.56 Å². The monoisotopic (exact) mass is 375 g/mol. The van der Waals surface area contributed by atoms with Gasteiger partial charge in [0.1, 0.15) is 16.7 Å².